The van der Waals surface area contributed by atoms with Crippen molar-refractivity contribution < 1.29 is 4.79 Å². The van der Waals surface area contributed by atoms with Gasteiger partial charge in [-0.1, -0.05) is 0 Å². The van der Waals surface area contributed by atoms with Crippen LogP contribution in [0.1, 0.15) is 34.9 Å². The van der Waals surface area contributed by atoms with E-state index in [1.54, 1.807) is 24.5 Å². The zero-order valence-corrected chi connectivity index (χ0v) is 12.8. The number of anilines is 1. The third kappa shape index (κ3) is 2.99. The van der Waals surface area contributed by atoms with Gasteiger partial charge in [-0.25, -0.2) is 9.97 Å². The highest BCUT2D eigenvalue weighted by atomic mass is 16.2. The molecule has 2 aromatic rings. The quantitative estimate of drug-likeness (QED) is 0.845. The average Bonchev–Trinajstić information content (AvgIpc) is 3.47. The lowest BCUT2D eigenvalue weighted by molar-refractivity contribution is 0.0739. The zero-order chi connectivity index (χ0) is 15.6. The molecule has 7 heteroatoms. The molecule has 1 amide bonds. The van der Waals surface area contributed by atoms with E-state index in [4.69, 9.17) is 0 Å². The summed E-state index contributed by atoms with van der Waals surface area (Å²) in [6.45, 7) is 2.74. The topological polar surface area (TPSA) is 75.1 Å². The van der Waals surface area contributed by atoms with Gasteiger partial charge in [0.25, 0.3) is 5.91 Å². The van der Waals surface area contributed by atoms with Crippen LogP contribution in [0.25, 0.3) is 0 Å². The normalized spacial score (nSPS) is 18.1. The fourth-order valence-corrected chi connectivity index (χ4v) is 2.78. The lowest BCUT2D eigenvalue weighted by atomic mass is 10.2. The Hall–Kier alpha value is -2.57. The van der Waals surface area contributed by atoms with Crippen molar-refractivity contribution in [3.05, 3.63) is 42.0 Å². The molecule has 118 valence electrons. The summed E-state index contributed by atoms with van der Waals surface area (Å²) >= 11 is 0. The summed E-state index contributed by atoms with van der Waals surface area (Å²) in [5, 5.41) is 8.30. The first kappa shape index (κ1) is 14.0. The van der Waals surface area contributed by atoms with Crippen LogP contribution in [0.15, 0.2) is 30.6 Å². The van der Waals surface area contributed by atoms with Crippen molar-refractivity contribution in [1.29, 1.82) is 0 Å². The van der Waals surface area contributed by atoms with Gasteiger partial charge in [-0.3, -0.25) is 4.79 Å². The van der Waals surface area contributed by atoms with Crippen LogP contribution in [0.3, 0.4) is 0 Å². The standard InChI is InChI=1S/C16H18N6O/c23-15(14-5-4-13(19-20-14)12-2-3-12)21-8-10-22(11-9-21)16-17-6-1-7-18-16/h1,4-7,12H,2-3,8-11H2. The van der Waals surface area contributed by atoms with Gasteiger partial charge in [-0.2, -0.15) is 5.10 Å². The molecular formula is C16H18N6O. The maximum Gasteiger partial charge on any atom is 0.274 e. The maximum atomic E-state index is 12.5. The number of piperazine rings is 1. The van der Waals surface area contributed by atoms with Gasteiger partial charge < -0.3 is 9.80 Å². The smallest absolute Gasteiger partial charge is 0.274 e. The molecule has 0 bridgehead atoms. The van der Waals surface area contributed by atoms with Crippen molar-refractivity contribution in [3.8, 4) is 0 Å². The number of hydrogen-bond acceptors (Lipinski definition) is 6. The number of rotatable bonds is 3. The van der Waals surface area contributed by atoms with Crippen LogP contribution in [0, 0.1) is 0 Å². The van der Waals surface area contributed by atoms with Crippen LogP contribution in [0.5, 0.6) is 0 Å². The maximum absolute atomic E-state index is 12.5. The van der Waals surface area contributed by atoms with E-state index in [1.807, 2.05) is 11.0 Å². The van der Waals surface area contributed by atoms with E-state index in [0.29, 0.717) is 30.6 Å². The SMILES string of the molecule is O=C(c1ccc(C2CC2)nn1)N1CCN(c2ncccn2)CC1. The molecule has 0 spiro atoms. The van der Waals surface area contributed by atoms with E-state index in [-0.39, 0.29) is 5.91 Å². The van der Waals surface area contributed by atoms with Crippen LogP contribution >= 0.6 is 0 Å². The van der Waals surface area contributed by atoms with Gasteiger partial charge in [0.2, 0.25) is 5.95 Å². The third-order valence-electron chi connectivity index (χ3n) is 4.30. The lowest BCUT2D eigenvalue weighted by Crippen LogP contribution is -2.49. The van der Waals surface area contributed by atoms with Gasteiger partial charge in [-0.15, -0.1) is 5.10 Å². The molecule has 0 radical (unpaired) electrons. The minimum Gasteiger partial charge on any atom is -0.337 e. The van der Waals surface area contributed by atoms with Crippen molar-refractivity contribution in [2.75, 3.05) is 31.1 Å². The van der Waals surface area contributed by atoms with Gasteiger partial charge in [0.15, 0.2) is 5.69 Å². The summed E-state index contributed by atoms with van der Waals surface area (Å²) in [7, 11) is 0. The molecule has 1 saturated heterocycles. The summed E-state index contributed by atoms with van der Waals surface area (Å²) in [6, 6.07) is 5.54. The Morgan fingerprint density at radius 2 is 1.74 bits per heavy atom. The fourth-order valence-electron chi connectivity index (χ4n) is 2.78. The molecule has 4 rings (SSSR count). The highest BCUT2D eigenvalue weighted by Gasteiger charge is 2.27. The molecular weight excluding hydrogens is 292 g/mol. The van der Waals surface area contributed by atoms with Crippen LogP contribution in [0.4, 0.5) is 5.95 Å². The highest BCUT2D eigenvalue weighted by molar-refractivity contribution is 5.92. The molecule has 7 nitrogen and oxygen atoms in total. The zero-order valence-electron chi connectivity index (χ0n) is 12.8. The second-order valence-electron chi connectivity index (χ2n) is 5.95. The second kappa shape index (κ2) is 5.91. The molecule has 0 N–H and O–H groups in total. The van der Waals surface area contributed by atoms with E-state index >= 15 is 0 Å². The minimum atomic E-state index is -0.0477. The van der Waals surface area contributed by atoms with E-state index in [1.165, 1.54) is 12.8 Å². The number of amides is 1. The van der Waals surface area contributed by atoms with Crippen LogP contribution in [-0.4, -0.2) is 57.2 Å². The largest absolute Gasteiger partial charge is 0.337 e. The van der Waals surface area contributed by atoms with Gasteiger partial charge in [0.1, 0.15) is 0 Å². The van der Waals surface area contributed by atoms with E-state index < -0.39 is 0 Å². The van der Waals surface area contributed by atoms with Crippen molar-refractivity contribution in [2.45, 2.75) is 18.8 Å². The Morgan fingerprint density at radius 1 is 1.00 bits per heavy atom. The minimum absolute atomic E-state index is 0.0477. The first-order chi connectivity index (χ1) is 11.3. The van der Waals surface area contributed by atoms with Crippen molar-refractivity contribution in [3.63, 3.8) is 0 Å². The average molecular weight is 310 g/mol. The Labute approximate surface area is 134 Å². The van der Waals surface area contributed by atoms with E-state index in [9.17, 15) is 4.79 Å². The molecule has 2 aromatic heterocycles. The molecule has 2 fully saturated rings. The summed E-state index contributed by atoms with van der Waals surface area (Å²) in [5.74, 6) is 1.22. The second-order valence-corrected chi connectivity index (χ2v) is 5.95. The summed E-state index contributed by atoms with van der Waals surface area (Å²) in [4.78, 5) is 24.9. The molecule has 3 heterocycles. The predicted octanol–water partition coefficient (Wildman–Crippen LogP) is 1.11. The van der Waals surface area contributed by atoms with Crippen LogP contribution < -0.4 is 4.90 Å². The van der Waals surface area contributed by atoms with Crippen molar-refractivity contribution in [2.24, 2.45) is 0 Å². The van der Waals surface area contributed by atoms with Gasteiger partial charge >= 0.3 is 0 Å². The molecule has 0 unspecified atom stereocenters. The third-order valence-corrected chi connectivity index (χ3v) is 4.30. The molecule has 23 heavy (non-hydrogen) atoms. The van der Waals surface area contributed by atoms with Gasteiger partial charge in [-0.05, 0) is 31.0 Å². The molecule has 0 aromatic carbocycles. The first-order valence-electron chi connectivity index (χ1n) is 7.96. The fraction of sp³-hybridized carbons (Fsp3) is 0.438. The summed E-state index contributed by atoms with van der Waals surface area (Å²) in [5.41, 5.74) is 1.44. The number of aromatic nitrogens is 4. The first-order valence-corrected chi connectivity index (χ1v) is 7.96. The van der Waals surface area contributed by atoms with E-state index in [0.717, 1.165) is 18.8 Å². The van der Waals surface area contributed by atoms with Gasteiger partial charge in [0, 0.05) is 44.5 Å². The molecule has 2 aliphatic rings. The molecule has 1 aliphatic heterocycles. The summed E-state index contributed by atoms with van der Waals surface area (Å²) < 4.78 is 0. The number of hydrogen-bond donors (Lipinski definition) is 0. The Morgan fingerprint density at radius 3 is 2.35 bits per heavy atom. The predicted molar refractivity (Wildman–Crippen MR) is 84.2 cm³/mol. The Balaban J connectivity index is 1.38. The molecule has 1 aliphatic carbocycles. The monoisotopic (exact) mass is 310 g/mol. The lowest BCUT2D eigenvalue weighted by Gasteiger charge is -2.34. The van der Waals surface area contributed by atoms with Crippen molar-refractivity contribution >= 4 is 11.9 Å². The van der Waals surface area contributed by atoms with Crippen molar-refractivity contribution in [1.82, 2.24) is 25.1 Å². The number of nitrogens with zero attached hydrogens (tertiary/aromatic N) is 6. The number of carbonyl (C=O) groups is 1. The number of carbonyl (C=O) groups excluding carboxylic acids is 1. The summed E-state index contributed by atoms with van der Waals surface area (Å²) in [6.07, 6.45) is 5.84. The van der Waals surface area contributed by atoms with Crippen LogP contribution in [-0.2, 0) is 0 Å². The van der Waals surface area contributed by atoms with Crippen LogP contribution in [0.2, 0.25) is 0 Å². The van der Waals surface area contributed by atoms with Gasteiger partial charge in [0.05, 0.1) is 5.69 Å². The Kier molecular flexibility index (Phi) is 3.61. The molecule has 1 saturated carbocycles. The molecule has 0 atom stereocenters. The van der Waals surface area contributed by atoms with E-state index in [2.05, 4.69) is 25.1 Å². The highest BCUT2D eigenvalue weighted by Crippen LogP contribution is 2.38. The Bertz CT molecular complexity index is 677.